The molecule has 0 N–H and O–H groups in total. The molecule has 1 unspecified atom stereocenters. The normalized spacial score (nSPS) is 21.1. The zero-order chi connectivity index (χ0) is 9.10. The van der Waals surface area contributed by atoms with Gasteiger partial charge in [-0.2, -0.15) is 0 Å². The monoisotopic (exact) mass is 198 g/mol. The van der Waals surface area contributed by atoms with Crippen LogP contribution in [0.15, 0.2) is 24.3 Å². The maximum atomic E-state index is 10.3. The fourth-order valence-electron chi connectivity index (χ4n) is 1.15. The van der Waals surface area contributed by atoms with Crippen molar-refractivity contribution in [2.75, 3.05) is 6.61 Å². The van der Waals surface area contributed by atoms with Crippen LogP contribution in [0.5, 0.6) is 5.75 Å². The van der Waals surface area contributed by atoms with Crippen LogP contribution in [0.25, 0.3) is 0 Å². The van der Waals surface area contributed by atoms with Gasteiger partial charge in [-0.1, -0.05) is 18.2 Å². The number of para-hydroxylation sites is 1. The van der Waals surface area contributed by atoms with Gasteiger partial charge < -0.3 is 4.52 Å². The predicted octanol–water partition coefficient (Wildman–Crippen LogP) is 2.28. The maximum Gasteiger partial charge on any atom is 0.395 e. The van der Waals surface area contributed by atoms with Crippen molar-refractivity contribution < 1.29 is 18.9 Å². The van der Waals surface area contributed by atoms with E-state index in [9.17, 15) is 4.57 Å². The summed E-state index contributed by atoms with van der Waals surface area (Å²) < 4.78 is 15.1. The van der Waals surface area contributed by atoms with E-state index in [1.54, 1.807) is 6.07 Å². The Hall–Kier alpha value is -0.960. The molecule has 0 aromatic heterocycles. The minimum atomic E-state index is -0.361. The second kappa shape index (κ2) is 3.83. The molecule has 1 fully saturated rings. The Morgan fingerprint density at radius 1 is 1.46 bits per heavy atom. The van der Waals surface area contributed by atoms with Gasteiger partial charge in [0.05, 0.1) is 0 Å². The molecule has 0 radical (unpaired) electrons. The van der Waals surface area contributed by atoms with Gasteiger partial charge in [-0.15, -0.1) is 0 Å². The van der Waals surface area contributed by atoms with Crippen molar-refractivity contribution in [3.63, 3.8) is 0 Å². The van der Waals surface area contributed by atoms with E-state index in [0.29, 0.717) is 12.4 Å². The van der Waals surface area contributed by atoms with Crippen LogP contribution in [0.2, 0.25) is 0 Å². The molecule has 5 heteroatoms. The summed E-state index contributed by atoms with van der Waals surface area (Å²) in [7, 11) is -0.361. The lowest BCUT2D eigenvalue weighted by Gasteiger charge is -2.25. The van der Waals surface area contributed by atoms with Crippen LogP contribution in [0.3, 0.4) is 0 Å². The fourth-order valence-corrected chi connectivity index (χ4v) is 1.39. The van der Waals surface area contributed by atoms with Gasteiger partial charge in [0.15, 0.2) is 0 Å². The van der Waals surface area contributed by atoms with Gasteiger partial charge in [0.25, 0.3) is 0 Å². The topological polar surface area (TPSA) is 44.8 Å². The first kappa shape index (κ1) is 8.63. The van der Waals surface area contributed by atoms with E-state index in [-0.39, 0.29) is 14.8 Å². The van der Waals surface area contributed by atoms with E-state index in [1.807, 2.05) is 18.2 Å². The molecule has 1 aliphatic rings. The largest absolute Gasteiger partial charge is 0.407 e. The maximum absolute atomic E-state index is 10.3. The third kappa shape index (κ3) is 1.70. The van der Waals surface area contributed by atoms with Crippen LogP contribution in [0.1, 0.15) is 11.7 Å². The van der Waals surface area contributed by atoms with Crippen LogP contribution in [0, 0.1) is 0 Å². The molecule has 1 atom stereocenters. The SMILES string of the molecule is O=POc1ccccc1C1COO1. The van der Waals surface area contributed by atoms with Crippen LogP contribution in [-0.4, -0.2) is 6.61 Å². The highest BCUT2D eigenvalue weighted by atomic mass is 31.1. The Morgan fingerprint density at radius 2 is 2.23 bits per heavy atom. The minimum absolute atomic E-state index is 0.0991. The average molecular weight is 198 g/mol. The van der Waals surface area contributed by atoms with Gasteiger partial charge in [-0.25, -0.2) is 14.3 Å². The van der Waals surface area contributed by atoms with Crippen molar-refractivity contribution in [1.29, 1.82) is 0 Å². The average Bonchev–Trinajstić information content (AvgIpc) is 2.05. The smallest absolute Gasteiger partial charge is 0.395 e. The third-order valence-electron chi connectivity index (χ3n) is 1.81. The molecule has 0 bridgehead atoms. The Balaban J connectivity index is 2.25. The van der Waals surface area contributed by atoms with Crippen LogP contribution in [0.4, 0.5) is 0 Å². The van der Waals surface area contributed by atoms with Crippen LogP contribution < -0.4 is 4.52 Å². The van der Waals surface area contributed by atoms with Gasteiger partial charge in [0.1, 0.15) is 18.5 Å². The minimum Gasteiger partial charge on any atom is -0.407 e. The van der Waals surface area contributed by atoms with Gasteiger partial charge >= 0.3 is 8.69 Å². The molecule has 1 aliphatic heterocycles. The molecule has 13 heavy (non-hydrogen) atoms. The van der Waals surface area contributed by atoms with Crippen molar-refractivity contribution >= 4 is 8.69 Å². The molecule has 0 aliphatic carbocycles. The Labute approximate surface area is 76.6 Å². The molecule has 1 heterocycles. The lowest BCUT2D eigenvalue weighted by Crippen LogP contribution is -2.22. The molecule has 1 saturated heterocycles. The van der Waals surface area contributed by atoms with Crippen LogP contribution >= 0.6 is 8.69 Å². The number of hydrogen-bond acceptors (Lipinski definition) is 4. The molecular weight excluding hydrogens is 191 g/mol. The molecule has 0 amide bonds. The highest BCUT2D eigenvalue weighted by molar-refractivity contribution is 7.17. The first-order valence-electron chi connectivity index (χ1n) is 3.78. The van der Waals surface area contributed by atoms with Gasteiger partial charge in [0, 0.05) is 5.56 Å². The first-order valence-corrected chi connectivity index (χ1v) is 4.51. The Morgan fingerprint density at radius 3 is 2.85 bits per heavy atom. The summed E-state index contributed by atoms with van der Waals surface area (Å²) in [5.74, 6) is 0.562. The number of rotatable bonds is 3. The summed E-state index contributed by atoms with van der Waals surface area (Å²) >= 11 is 0. The quantitative estimate of drug-likeness (QED) is 0.552. The van der Waals surface area contributed by atoms with E-state index in [4.69, 9.17) is 9.41 Å². The number of hydrogen-bond donors (Lipinski definition) is 0. The second-order valence-electron chi connectivity index (χ2n) is 2.57. The van der Waals surface area contributed by atoms with Crippen molar-refractivity contribution in [3.05, 3.63) is 29.8 Å². The first-order chi connectivity index (χ1) is 6.42. The summed E-state index contributed by atoms with van der Waals surface area (Å²) in [6.07, 6.45) is -0.0991. The Kier molecular flexibility index (Phi) is 2.54. The highest BCUT2D eigenvalue weighted by Gasteiger charge is 2.25. The van der Waals surface area contributed by atoms with Crippen molar-refractivity contribution in [2.45, 2.75) is 6.10 Å². The molecule has 0 spiro atoms. The highest BCUT2D eigenvalue weighted by Crippen LogP contribution is 2.33. The summed E-state index contributed by atoms with van der Waals surface area (Å²) in [6.45, 7) is 0.510. The molecule has 4 nitrogen and oxygen atoms in total. The Bertz CT molecular complexity index is 311. The molecule has 2 rings (SSSR count). The fraction of sp³-hybridized carbons (Fsp3) is 0.250. The second-order valence-corrected chi connectivity index (χ2v) is 2.90. The van der Waals surface area contributed by atoms with Crippen molar-refractivity contribution in [2.24, 2.45) is 0 Å². The van der Waals surface area contributed by atoms with Crippen LogP contribution in [-0.2, 0) is 14.3 Å². The van der Waals surface area contributed by atoms with E-state index in [1.165, 1.54) is 0 Å². The molecular formula is C8H7O4P. The summed E-state index contributed by atoms with van der Waals surface area (Å²) in [4.78, 5) is 9.41. The summed E-state index contributed by atoms with van der Waals surface area (Å²) in [5, 5.41) is 0. The molecule has 1 aromatic rings. The predicted molar refractivity (Wildman–Crippen MR) is 44.5 cm³/mol. The van der Waals surface area contributed by atoms with Gasteiger partial charge in [0.2, 0.25) is 0 Å². The van der Waals surface area contributed by atoms with Crippen molar-refractivity contribution in [1.82, 2.24) is 0 Å². The van der Waals surface area contributed by atoms with Gasteiger partial charge in [-0.05, 0) is 6.07 Å². The van der Waals surface area contributed by atoms with E-state index in [2.05, 4.69) is 4.89 Å². The third-order valence-corrected chi connectivity index (χ3v) is 2.08. The van der Waals surface area contributed by atoms with Gasteiger partial charge in [-0.3, -0.25) is 0 Å². The van der Waals surface area contributed by atoms with E-state index >= 15 is 0 Å². The zero-order valence-corrected chi connectivity index (χ0v) is 7.57. The zero-order valence-electron chi connectivity index (χ0n) is 6.67. The number of benzene rings is 1. The summed E-state index contributed by atoms with van der Waals surface area (Å²) in [5.41, 5.74) is 0.858. The molecule has 1 aromatic carbocycles. The molecule has 68 valence electrons. The standard InChI is InChI=1S/C8H7O4P/c9-13-12-7-4-2-1-3-6(7)8-5-10-11-8/h1-4,8H,5H2. The summed E-state index contributed by atoms with van der Waals surface area (Å²) in [6, 6.07) is 7.27. The van der Waals surface area contributed by atoms with Crippen molar-refractivity contribution in [3.8, 4) is 5.75 Å². The lowest BCUT2D eigenvalue weighted by molar-refractivity contribution is -0.429. The lowest BCUT2D eigenvalue weighted by atomic mass is 10.1. The molecule has 0 saturated carbocycles. The van der Waals surface area contributed by atoms with E-state index < -0.39 is 0 Å². The van der Waals surface area contributed by atoms with E-state index in [0.717, 1.165) is 5.56 Å².